The van der Waals surface area contributed by atoms with E-state index < -0.39 is 16.0 Å². The largest absolute Gasteiger partial charge is 0.493 e. The first-order valence-corrected chi connectivity index (χ1v) is 6.76. The van der Waals surface area contributed by atoms with Crippen LogP contribution in [0.4, 0.5) is 3.89 Å². The second-order valence-corrected chi connectivity index (χ2v) is 4.94. The number of rotatable bonds is 7. The Hall–Kier alpha value is -1.30. The van der Waals surface area contributed by atoms with Crippen molar-refractivity contribution in [2.45, 2.75) is 12.8 Å². The number of hydrogen-bond donors (Lipinski definition) is 0. The molecule has 6 heteroatoms. The lowest BCUT2D eigenvalue weighted by Crippen LogP contribution is -2.03. The molecule has 0 aromatic heterocycles. The molecule has 96 valence electrons. The maximum atomic E-state index is 12.2. The average molecular weight is 262 g/mol. The van der Waals surface area contributed by atoms with E-state index in [1.807, 2.05) is 12.1 Å². The van der Waals surface area contributed by atoms with Crippen LogP contribution < -0.4 is 9.47 Å². The quantitative estimate of drug-likeness (QED) is 0.558. The maximum Gasteiger partial charge on any atom is 0.302 e. The SMILES string of the molecule is COc1ccccc1OCCCCS(=O)(=O)F. The Labute approximate surface area is 101 Å². The number of halogens is 1. The Morgan fingerprint density at radius 1 is 1.18 bits per heavy atom. The van der Waals surface area contributed by atoms with Crippen molar-refractivity contribution in [3.05, 3.63) is 24.3 Å². The third-order valence-corrected chi connectivity index (χ3v) is 2.89. The highest BCUT2D eigenvalue weighted by Crippen LogP contribution is 2.25. The molecule has 0 saturated heterocycles. The van der Waals surface area contributed by atoms with Gasteiger partial charge in [0, 0.05) is 0 Å². The first-order chi connectivity index (χ1) is 8.03. The van der Waals surface area contributed by atoms with Crippen LogP contribution in [0.3, 0.4) is 0 Å². The summed E-state index contributed by atoms with van der Waals surface area (Å²) in [6.07, 6.45) is 0.717. The van der Waals surface area contributed by atoms with Gasteiger partial charge in [0.25, 0.3) is 0 Å². The van der Waals surface area contributed by atoms with Crippen molar-refractivity contribution in [1.82, 2.24) is 0 Å². The van der Waals surface area contributed by atoms with Crippen LogP contribution in [0.15, 0.2) is 24.3 Å². The molecule has 0 N–H and O–H groups in total. The van der Waals surface area contributed by atoms with Gasteiger partial charge in [-0.1, -0.05) is 12.1 Å². The van der Waals surface area contributed by atoms with Crippen LogP contribution in [-0.4, -0.2) is 27.9 Å². The molecule has 0 aliphatic heterocycles. The Kier molecular flexibility index (Phi) is 5.21. The van der Waals surface area contributed by atoms with E-state index in [9.17, 15) is 12.3 Å². The van der Waals surface area contributed by atoms with Gasteiger partial charge in [0.15, 0.2) is 11.5 Å². The molecule has 4 nitrogen and oxygen atoms in total. The maximum absolute atomic E-state index is 12.2. The Morgan fingerprint density at radius 3 is 2.41 bits per heavy atom. The van der Waals surface area contributed by atoms with Crippen LogP contribution in [0.1, 0.15) is 12.8 Å². The lowest BCUT2D eigenvalue weighted by molar-refractivity contribution is 0.288. The van der Waals surface area contributed by atoms with E-state index in [-0.39, 0.29) is 6.42 Å². The molecule has 0 aliphatic carbocycles. The molecule has 0 fully saturated rings. The van der Waals surface area contributed by atoms with E-state index in [1.54, 1.807) is 12.1 Å². The molecule has 0 heterocycles. The fourth-order valence-corrected chi connectivity index (χ4v) is 1.85. The van der Waals surface area contributed by atoms with Gasteiger partial charge in [0.2, 0.25) is 0 Å². The van der Waals surface area contributed by atoms with Gasteiger partial charge < -0.3 is 9.47 Å². The highest BCUT2D eigenvalue weighted by atomic mass is 32.3. The fourth-order valence-electron chi connectivity index (χ4n) is 1.30. The summed E-state index contributed by atoms with van der Waals surface area (Å²) in [5.74, 6) is 0.756. The van der Waals surface area contributed by atoms with Crippen LogP contribution in [0, 0.1) is 0 Å². The number of hydrogen-bond acceptors (Lipinski definition) is 4. The van der Waals surface area contributed by atoms with Crippen molar-refractivity contribution >= 4 is 10.2 Å². The molecule has 0 atom stereocenters. The molecule has 0 radical (unpaired) electrons. The molecule has 0 spiro atoms. The van der Waals surface area contributed by atoms with Crippen LogP contribution in [0.2, 0.25) is 0 Å². The molecule has 0 aliphatic rings. The minimum atomic E-state index is -4.36. The van der Waals surface area contributed by atoms with Gasteiger partial charge in [-0.05, 0) is 25.0 Å². The number of benzene rings is 1. The molecule has 0 saturated carbocycles. The molecular formula is C11H15FO4S. The number of ether oxygens (including phenoxy) is 2. The van der Waals surface area contributed by atoms with E-state index in [1.165, 1.54) is 7.11 Å². The van der Waals surface area contributed by atoms with Gasteiger partial charge in [-0.3, -0.25) is 0 Å². The second-order valence-electron chi connectivity index (χ2n) is 3.45. The highest BCUT2D eigenvalue weighted by Gasteiger charge is 2.06. The first-order valence-electron chi connectivity index (χ1n) is 5.21. The smallest absolute Gasteiger partial charge is 0.302 e. The third kappa shape index (κ3) is 5.53. The van der Waals surface area contributed by atoms with Crippen LogP contribution in [0.5, 0.6) is 11.5 Å². The van der Waals surface area contributed by atoms with Crippen LogP contribution in [0.25, 0.3) is 0 Å². The van der Waals surface area contributed by atoms with E-state index in [0.717, 1.165) is 0 Å². The van der Waals surface area contributed by atoms with E-state index in [0.29, 0.717) is 24.5 Å². The van der Waals surface area contributed by atoms with Crippen molar-refractivity contribution < 1.29 is 21.8 Å². The monoisotopic (exact) mass is 262 g/mol. The number of para-hydroxylation sites is 2. The lowest BCUT2D eigenvalue weighted by atomic mass is 10.3. The minimum absolute atomic E-state index is 0.244. The second kappa shape index (κ2) is 6.44. The Balaban J connectivity index is 2.31. The summed E-state index contributed by atoms with van der Waals surface area (Å²) in [5, 5.41) is 0. The molecule has 1 aromatic carbocycles. The summed E-state index contributed by atoms with van der Waals surface area (Å²) in [7, 11) is -2.82. The summed E-state index contributed by atoms with van der Waals surface area (Å²) < 4.78 is 43.1. The molecule has 1 aromatic rings. The zero-order chi connectivity index (χ0) is 12.7. The van der Waals surface area contributed by atoms with E-state index in [4.69, 9.17) is 9.47 Å². The van der Waals surface area contributed by atoms with Gasteiger partial charge in [-0.25, -0.2) is 0 Å². The summed E-state index contributed by atoms with van der Waals surface area (Å²) >= 11 is 0. The summed E-state index contributed by atoms with van der Waals surface area (Å²) in [5.41, 5.74) is 0. The highest BCUT2D eigenvalue weighted by molar-refractivity contribution is 7.86. The average Bonchev–Trinajstić information content (AvgIpc) is 2.27. The minimum Gasteiger partial charge on any atom is -0.493 e. The fraction of sp³-hybridized carbons (Fsp3) is 0.455. The molecular weight excluding hydrogens is 247 g/mol. The molecule has 0 unspecified atom stereocenters. The van der Waals surface area contributed by atoms with Gasteiger partial charge in [-0.2, -0.15) is 8.42 Å². The number of unbranched alkanes of at least 4 members (excludes halogenated alkanes) is 1. The van der Waals surface area contributed by atoms with Crippen molar-refractivity contribution in [3.8, 4) is 11.5 Å². The molecule has 0 bridgehead atoms. The standard InChI is InChI=1S/C11H15FO4S/c1-15-10-6-2-3-7-11(10)16-8-4-5-9-17(12,13)14/h2-3,6-7H,4-5,8-9H2,1H3. The molecule has 0 amide bonds. The zero-order valence-electron chi connectivity index (χ0n) is 9.56. The lowest BCUT2D eigenvalue weighted by Gasteiger charge is -2.09. The van der Waals surface area contributed by atoms with Gasteiger partial charge in [0.1, 0.15) is 0 Å². The first kappa shape index (κ1) is 13.8. The van der Waals surface area contributed by atoms with Crippen molar-refractivity contribution in [3.63, 3.8) is 0 Å². The normalized spacial score (nSPS) is 11.2. The Bertz CT molecular complexity index is 445. The summed E-state index contributed by atoms with van der Waals surface area (Å²) in [6, 6.07) is 7.15. The van der Waals surface area contributed by atoms with E-state index >= 15 is 0 Å². The van der Waals surface area contributed by atoms with Crippen LogP contribution >= 0.6 is 0 Å². The van der Waals surface area contributed by atoms with Gasteiger partial charge >= 0.3 is 10.2 Å². The van der Waals surface area contributed by atoms with Crippen molar-refractivity contribution in [2.24, 2.45) is 0 Å². The molecule has 1 rings (SSSR count). The predicted octanol–water partition coefficient (Wildman–Crippen LogP) is 2.15. The van der Waals surface area contributed by atoms with E-state index in [2.05, 4.69) is 0 Å². The van der Waals surface area contributed by atoms with Crippen LogP contribution in [-0.2, 0) is 10.2 Å². The van der Waals surface area contributed by atoms with Gasteiger partial charge in [0.05, 0.1) is 19.5 Å². The van der Waals surface area contributed by atoms with Crippen molar-refractivity contribution in [2.75, 3.05) is 19.5 Å². The summed E-state index contributed by atoms with van der Waals surface area (Å²) in [6.45, 7) is 0.329. The summed E-state index contributed by atoms with van der Waals surface area (Å²) in [4.78, 5) is 0. The van der Waals surface area contributed by atoms with Gasteiger partial charge in [-0.15, -0.1) is 3.89 Å². The molecule has 17 heavy (non-hydrogen) atoms. The third-order valence-electron chi connectivity index (χ3n) is 2.11. The topological polar surface area (TPSA) is 52.6 Å². The van der Waals surface area contributed by atoms with Crippen molar-refractivity contribution in [1.29, 1.82) is 0 Å². The number of methoxy groups -OCH3 is 1. The zero-order valence-corrected chi connectivity index (χ0v) is 10.4. The Morgan fingerprint density at radius 2 is 1.82 bits per heavy atom. The predicted molar refractivity (Wildman–Crippen MR) is 62.6 cm³/mol.